The van der Waals surface area contributed by atoms with E-state index >= 15 is 0 Å². The van der Waals surface area contributed by atoms with E-state index in [1.807, 2.05) is 36.0 Å². The summed E-state index contributed by atoms with van der Waals surface area (Å²) in [6.45, 7) is 10.2. The Labute approximate surface area is 272 Å². The number of amides is 2. The summed E-state index contributed by atoms with van der Waals surface area (Å²) in [5, 5.41) is 3.32. The molecule has 0 aliphatic carbocycles. The van der Waals surface area contributed by atoms with Crippen LogP contribution in [0.3, 0.4) is 0 Å². The summed E-state index contributed by atoms with van der Waals surface area (Å²) in [5.74, 6) is 2.16. The maximum atomic E-state index is 12.9. The number of nitrogens with one attached hydrogen (secondary N) is 3. The van der Waals surface area contributed by atoms with E-state index in [0.717, 1.165) is 90.5 Å². The molecule has 2 saturated heterocycles. The van der Waals surface area contributed by atoms with Gasteiger partial charge in [-0.1, -0.05) is 69.3 Å². The summed E-state index contributed by atoms with van der Waals surface area (Å²) >= 11 is 0. The highest BCUT2D eigenvalue weighted by Gasteiger charge is 2.33. The van der Waals surface area contributed by atoms with Crippen LogP contribution in [-0.2, 0) is 9.59 Å². The number of rotatable bonds is 11. The SMILES string of the molecule is CCC(C)NCC(=O)N1CCC[C@H]1c1ncc(-c2ccc(-c3ccc(-c4cnc([C@@H]5CCCN5C(=O)[CH]C(C)C)[nH]4)cc3)cc2)[nH]1. The standard InChI is InChI=1S/C37H46N7O2/c1-5-25(4)38-23-35(46)44-19-7-9-33(44)37-40-22-31(42-37)29-16-12-27(13-17-29)26-10-14-28(15-11-26)30-21-39-36(41-30)32-8-6-18-43(32)34(45)20-24(2)3/h10-17,20-22,24-25,32-33,38H,5-9,18-19,23H2,1-4H3,(H,39,41)(H,40,42)/t25?,32-,33-/m0/s1. The van der Waals surface area contributed by atoms with Crippen molar-refractivity contribution in [2.75, 3.05) is 19.6 Å². The van der Waals surface area contributed by atoms with E-state index in [0.29, 0.717) is 12.6 Å². The van der Waals surface area contributed by atoms with Crippen molar-refractivity contribution in [1.29, 1.82) is 0 Å². The van der Waals surface area contributed by atoms with Crippen LogP contribution >= 0.6 is 0 Å². The number of benzene rings is 2. The topological polar surface area (TPSA) is 110 Å². The van der Waals surface area contributed by atoms with Crippen LogP contribution in [0.25, 0.3) is 33.6 Å². The van der Waals surface area contributed by atoms with Gasteiger partial charge in [0.1, 0.15) is 11.6 Å². The lowest BCUT2D eigenvalue weighted by Gasteiger charge is -2.24. The number of H-pyrrole nitrogens is 2. The number of hydrogen-bond acceptors (Lipinski definition) is 5. The molecule has 0 saturated carbocycles. The first-order valence-electron chi connectivity index (χ1n) is 16.8. The number of nitrogens with zero attached hydrogens (tertiary/aromatic N) is 4. The van der Waals surface area contributed by atoms with Crippen molar-refractivity contribution in [3.63, 3.8) is 0 Å². The molecule has 2 aliphatic rings. The summed E-state index contributed by atoms with van der Waals surface area (Å²) in [6.07, 6.45) is 10.4. The molecule has 3 atom stereocenters. The average molecular weight is 621 g/mol. The summed E-state index contributed by atoms with van der Waals surface area (Å²) in [4.78, 5) is 45.9. The van der Waals surface area contributed by atoms with E-state index in [9.17, 15) is 9.59 Å². The Hall–Kier alpha value is -4.24. The third-order valence-electron chi connectivity index (χ3n) is 9.35. The molecule has 9 heteroatoms. The van der Waals surface area contributed by atoms with Crippen molar-refractivity contribution >= 4 is 11.8 Å². The van der Waals surface area contributed by atoms with Gasteiger partial charge in [-0.15, -0.1) is 0 Å². The van der Waals surface area contributed by atoms with Crippen LogP contribution in [0, 0.1) is 12.3 Å². The molecule has 3 N–H and O–H groups in total. The Morgan fingerprint density at radius 1 is 0.804 bits per heavy atom. The third-order valence-corrected chi connectivity index (χ3v) is 9.35. The normalized spacial score (nSPS) is 18.9. The van der Waals surface area contributed by atoms with Crippen molar-refractivity contribution in [3.8, 4) is 33.6 Å². The van der Waals surface area contributed by atoms with Crippen molar-refractivity contribution in [3.05, 3.63) is 79.0 Å². The van der Waals surface area contributed by atoms with E-state index < -0.39 is 0 Å². The number of carbonyl (C=O) groups is 2. The third kappa shape index (κ3) is 6.94. The molecule has 241 valence electrons. The van der Waals surface area contributed by atoms with Gasteiger partial charge < -0.3 is 25.1 Å². The van der Waals surface area contributed by atoms with Gasteiger partial charge in [-0.25, -0.2) is 9.97 Å². The fourth-order valence-corrected chi connectivity index (χ4v) is 6.54. The number of likely N-dealkylation sites (tertiary alicyclic amines) is 2. The van der Waals surface area contributed by atoms with Gasteiger partial charge in [-0.05, 0) is 67.2 Å². The first-order chi connectivity index (χ1) is 22.3. The molecule has 2 aromatic carbocycles. The molecule has 4 aromatic rings. The highest BCUT2D eigenvalue weighted by Crippen LogP contribution is 2.34. The predicted octanol–water partition coefficient (Wildman–Crippen LogP) is 6.71. The highest BCUT2D eigenvalue weighted by atomic mass is 16.2. The van der Waals surface area contributed by atoms with Gasteiger partial charge in [0.15, 0.2) is 0 Å². The molecule has 2 amide bonds. The second-order valence-corrected chi connectivity index (χ2v) is 13.1. The Bertz CT molecular complexity index is 1620. The molecule has 0 spiro atoms. The Balaban J connectivity index is 1.09. The monoisotopic (exact) mass is 620 g/mol. The van der Waals surface area contributed by atoms with Gasteiger partial charge in [0.25, 0.3) is 0 Å². The van der Waals surface area contributed by atoms with Gasteiger partial charge in [-0.3, -0.25) is 9.59 Å². The molecule has 1 radical (unpaired) electrons. The number of aromatic nitrogens is 4. The smallest absolute Gasteiger partial charge is 0.237 e. The van der Waals surface area contributed by atoms with Crippen LogP contribution in [0.5, 0.6) is 0 Å². The van der Waals surface area contributed by atoms with Crippen LogP contribution in [0.4, 0.5) is 0 Å². The summed E-state index contributed by atoms with van der Waals surface area (Å²) < 4.78 is 0. The first-order valence-corrected chi connectivity index (χ1v) is 16.8. The van der Waals surface area contributed by atoms with Gasteiger partial charge >= 0.3 is 0 Å². The lowest BCUT2D eigenvalue weighted by atomic mass is 10.0. The van der Waals surface area contributed by atoms with Gasteiger partial charge in [-0.2, -0.15) is 0 Å². The molecular weight excluding hydrogens is 574 g/mol. The van der Waals surface area contributed by atoms with Crippen LogP contribution in [0.1, 0.15) is 83.5 Å². The summed E-state index contributed by atoms with van der Waals surface area (Å²) in [6, 6.07) is 17.3. The second kappa shape index (κ2) is 14.0. The molecule has 6 rings (SSSR count). The van der Waals surface area contributed by atoms with Crippen LogP contribution < -0.4 is 5.32 Å². The molecule has 0 bridgehead atoms. The lowest BCUT2D eigenvalue weighted by molar-refractivity contribution is -0.131. The second-order valence-electron chi connectivity index (χ2n) is 13.1. The average Bonchev–Trinajstić information content (AvgIpc) is 3.89. The Morgan fingerprint density at radius 3 is 1.78 bits per heavy atom. The highest BCUT2D eigenvalue weighted by molar-refractivity contribution is 5.85. The van der Waals surface area contributed by atoms with Crippen molar-refractivity contribution in [2.45, 2.75) is 77.9 Å². The van der Waals surface area contributed by atoms with Crippen molar-refractivity contribution < 1.29 is 9.59 Å². The Kier molecular flexibility index (Phi) is 9.68. The molecule has 2 fully saturated rings. The van der Waals surface area contributed by atoms with Crippen LogP contribution in [-0.4, -0.2) is 67.2 Å². The van der Waals surface area contributed by atoms with E-state index in [2.05, 4.69) is 87.6 Å². The van der Waals surface area contributed by atoms with E-state index in [4.69, 9.17) is 0 Å². The fourth-order valence-electron chi connectivity index (χ4n) is 6.54. The van der Waals surface area contributed by atoms with Crippen molar-refractivity contribution in [2.24, 2.45) is 5.92 Å². The molecule has 46 heavy (non-hydrogen) atoms. The van der Waals surface area contributed by atoms with Crippen LogP contribution in [0.2, 0.25) is 0 Å². The predicted molar refractivity (Wildman–Crippen MR) is 181 cm³/mol. The lowest BCUT2D eigenvalue weighted by Crippen LogP contribution is -2.40. The number of carbonyl (C=O) groups excluding carboxylic acids is 2. The van der Waals surface area contributed by atoms with Crippen LogP contribution in [0.15, 0.2) is 60.9 Å². The van der Waals surface area contributed by atoms with Gasteiger partial charge in [0, 0.05) is 19.1 Å². The molecule has 1 unspecified atom stereocenters. The molecule has 4 heterocycles. The van der Waals surface area contributed by atoms with Gasteiger partial charge in [0.2, 0.25) is 11.8 Å². The minimum absolute atomic E-state index is 0.00338. The zero-order valence-corrected chi connectivity index (χ0v) is 27.4. The molecule has 2 aliphatic heterocycles. The van der Waals surface area contributed by atoms with E-state index in [-0.39, 0.29) is 29.8 Å². The van der Waals surface area contributed by atoms with Crippen molar-refractivity contribution in [1.82, 2.24) is 35.1 Å². The maximum absolute atomic E-state index is 12.9. The zero-order valence-electron chi connectivity index (χ0n) is 27.4. The number of aromatic amines is 2. The maximum Gasteiger partial charge on any atom is 0.237 e. The molecule has 2 aromatic heterocycles. The minimum Gasteiger partial charge on any atom is -0.340 e. The summed E-state index contributed by atoms with van der Waals surface area (Å²) in [7, 11) is 0. The van der Waals surface area contributed by atoms with Gasteiger partial charge in [0.05, 0.1) is 48.8 Å². The van der Waals surface area contributed by atoms with E-state index in [1.54, 1.807) is 6.42 Å². The number of imidazole rings is 2. The molecular formula is C37H46N7O2. The van der Waals surface area contributed by atoms with E-state index in [1.165, 1.54) is 0 Å². The largest absolute Gasteiger partial charge is 0.340 e. The summed E-state index contributed by atoms with van der Waals surface area (Å²) in [5.41, 5.74) is 6.28. The zero-order chi connectivity index (χ0) is 32.2. The molecule has 9 nitrogen and oxygen atoms in total. The number of hydrogen-bond donors (Lipinski definition) is 3. The quantitative estimate of drug-likeness (QED) is 0.173. The Morgan fingerprint density at radius 2 is 1.28 bits per heavy atom. The first kappa shape index (κ1) is 31.7. The fraction of sp³-hybridized carbons (Fsp3) is 0.432. The minimum atomic E-state index is -0.00769.